The molecule has 1 fully saturated rings. The van der Waals surface area contributed by atoms with Crippen molar-refractivity contribution in [3.8, 4) is 0 Å². The second kappa shape index (κ2) is 2.68. The molecule has 0 atom stereocenters. The standard InChI is InChI=1S/C7H13F2NO/c8-7(9,5-10)6(11)3-1-2-4-6/h11H,1-5,10H2. The van der Waals surface area contributed by atoms with Gasteiger partial charge in [-0.3, -0.25) is 0 Å². The first-order valence-corrected chi connectivity index (χ1v) is 3.82. The lowest BCUT2D eigenvalue weighted by atomic mass is 9.94. The van der Waals surface area contributed by atoms with Gasteiger partial charge in [-0.25, -0.2) is 8.78 Å². The monoisotopic (exact) mass is 165 g/mol. The summed E-state index contributed by atoms with van der Waals surface area (Å²) in [4.78, 5) is 0. The van der Waals surface area contributed by atoms with Gasteiger partial charge in [0.2, 0.25) is 0 Å². The molecule has 66 valence electrons. The normalized spacial score (nSPS) is 24.0. The molecule has 4 heteroatoms. The van der Waals surface area contributed by atoms with E-state index in [-0.39, 0.29) is 12.8 Å². The van der Waals surface area contributed by atoms with Crippen LogP contribution in [0.1, 0.15) is 25.7 Å². The molecule has 1 rings (SSSR count). The molecule has 1 aliphatic rings. The number of nitrogens with two attached hydrogens (primary N) is 1. The van der Waals surface area contributed by atoms with Crippen molar-refractivity contribution in [3.05, 3.63) is 0 Å². The maximum Gasteiger partial charge on any atom is 0.288 e. The lowest BCUT2D eigenvalue weighted by molar-refractivity contribution is -0.170. The van der Waals surface area contributed by atoms with Gasteiger partial charge in [0.15, 0.2) is 0 Å². The first kappa shape index (κ1) is 8.87. The molecule has 0 heterocycles. The Morgan fingerprint density at radius 2 is 1.82 bits per heavy atom. The fourth-order valence-corrected chi connectivity index (χ4v) is 1.52. The molecule has 0 spiro atoms. The predicted octanol–water partition coefficient (Wildman–Crippen LogP) is 0.886. The number of hydrogen-bond acceptors (Lipinski definition) is 2. The Bertz CT molecular complexity index is 143. The quantitative estimate of drug-likeness (QED) is 0.638. The Hall–Kier alpha value is -0.220. The van der Waals surface area contributed by atoms with Gasteiger partial charge in [-0.1, -0.05) is 12.8 Å². The molecular weight excluding hydrogens is 152 g/mol. The molecule has 2 nitrogen and oxygen atoms in total. The highest BCUT2D eigenvalue weighted by Gasteiger charge is 2.52. The molecule has 0 saturated heterocycles. The fraction of sp³-hybridized carbons (Fsp3) is 1.00. The highest BCUT2D eigenvalue weighted by molar-refractivity contribution is 4.97. The summed E-state index contributed by atoms with van der Waals surface area (Å²) in [5.74, 6) is -3.11. The molecule has 0 aromatic carbocycles. The van der Waals surface area contributed by atoms with Crippen molar-refractivity contribution < 1.29 is 13.9 Å². The Morgan fingerprint density at radius 1 is 1.36 bits per heavy atom. The largest absolute Gasteiger partial charge is 0.384 e. The van der Waals surface area contributed by atoms with E-state index >= 15 is 0 Å². The van der Waals surface area contributed by atoms with Crippen LogP contribution in [0.4, 0.5) is 8.78 Å². The van der Waals surface area contributed by atoms with Gasteiger partial charge in [-0.05, 0) is 12.8 Å². The lowest BCUT2D eigenvalue weighted by Crippen LogP contribution is -2.50. The minimum atomic E-state index is -3.11. The van der Waals surface area contributed by atoms with Gasteiger partial charge in [0, 0.05) is 0 Å². The maximum atomic E-state index is 12.9. The summed E-state index contributed by atoms with van der Waals surface area (Å²) in [6.07, 6.45) is 1.70. The van der Waals surface area contributed by atoms with Gasteiger partial charge in [0.25, 0.3) is 5.92 Å². The molecule has 0 amide bonds. The average molecular weight is 165 g/mol. The van der Waals surface area contributed by atoms with Crippen LogP contribution in [0.2, 0.25) is 0 Å². The molecule has 0 radical (unpaired) electrons. The third-order valence-corrected chi connectivity index (χ3v) is 2.37. The minimum absolute atomic E-state index is 0.178. The predicted molar refractivity (Wildman–Crippen MR) is 37.4 cm³/mol. The molecule has 0 aliphatic heterocycles. The van der Waals surface area contributed by atoms with Gasteiger partial charge < -0.3 is 10.8 Å². The lowest BCUT2D eigenvalue weighted by Gasteiger charge is -2.30. The fourth-order valence-electron chi connectivity index (χ4n) is 1.52. The summed E-state index contributed by atoms with van der Waals surface area (Å²) in [7, 11) is 0. The van der Waals surface area contributed by atoms with Crippen LogP contribution in [-0.4, -0.2) is 23.2 Å². The van der Waals surface area contributed by atoms with Gasteiger partial charge in [-0.15, -0.1) is 0 Å². The molecule has 0 aromatic rings. The van der Waals surface area contributed by atoms with E-state index in [2.05, 4.69) is 0 Å². The second-order valence-electron chi connectivity index (χ2n) is 3.15. The van der Waals surface area contributed by atoms with Gasteiger partial charge >= 0.3 is 0 Å². The zero-order valence-electron chi connectivity index (χ0n) is 6.32. The smallest absolute Gasteiger partial charge is 0.288 e. The van der Waals surface area contributed by atoms with Crippen LogP contribution in [-0.2, 0) is 0 Å². The summed E-state index contributed by atoms with van der Waals surface area (Å²) in [5.41, 5.74) is 3.04. The Kier molecular flexibility index (Phi) is 2.16. The van der Waals surface area contributed by atoms with Crippen LogP contribution in [0.5, 0.6) is 0 Å². The third kappa shape index (κ3) is 1.37. The summed E-state index contributed by atoms with van der Waals surface area (Å²) < 4.78 is 25.7. The zero-order chi connectivity index (χ0) is 8.54. The number of hydrogen-bond donors (Lipinski definition) is 2. The van der Waals surface area contributed by atoms with Crippen molar-refractivity contribution in [1.82, 2.24) is 0 Å². The first-order valence-electron chi connectivity index (χ1n) is 3.82. The first-order chi connectivity index (χ1) is 5.02. The zero-order valence-corrected chi connectivity index (χ0v) is 6.32. The van der Waals surface area contributed by atoms with E-state index in [1.165, 1.54) is 0 Å². The van der Waals surface area contributed by atoms with E-state index in [0.717, 1.165) is 0 Å². The van der Waals surface area contributed by atoms with Crippen molar-refractivity contribution in [2.45, 2.75) is 37.2 Å². The Morgan fingerprint density at radius 3 is 2.18 bits per heavy atom. The van der Waals surface area contributed by atoms with Crippen LogP contribution in [0.15, 0.2) is 0 Å². The Balaban J connectivity index is 2.69. The molecule has 0 unspecified atom stereocenters. The van der Waals surface area contributed by atoms with E-state index in [1.54, 1.807) is 0 Å². The molecule has 11 heavy (non-hydrogen) atoms. The summed E-state index contributed by atoms with van der Waals surface area (Å²) >= 11 is 0. The van der Waals surface area contributed by atoms with Crippen LogP contribution in [0.25, 0.3) is 0 Å². The molecule has 3 N–H and O–H groups in total. The molecular formula is C7H13F2NO. The SMILES string of the molecule is NCC(F)(F)C1(O)CCCC1. The van der Waals surface area contributed by atoms with Crippen molar-refractivity contribution in [2.24, 2.45) is 5.73 Å². The second-order valence-corrected chi connectivity index (χ2v) is 3.15. The number of alkyl halides is 2. The van der Waals surface area contributed by atoms with Crippen molar-refractivity contribution >= 4 is 0 Å². The van der Waals surface area contributed by atoms with Gasteiger partial charge in [0.1, 0.15) is 5.60 Å². The molecule has 0 bridgehead atoms. The van der Waals surface area contributed by atoms with Crippen molar-refractivity contribution in [2.75, 3.05) is 6.54 Å². The molecule has 1 saturated carbocycles. The topological polar surface area (TPSA) is 46.2 Å². The maximum absolute atomic E-state index is 12.9. The van der Waals surface area contributed by atoms with Gasteiger partial charge in [-0.2, -0.15) is 0 Å². The van der Waals surface area contributed by atoms with Crippen LogP contribution >= 0.6 is 0 Å². The van der Waals surface area contributed by atoms with E-state index in [1.807, 2.05) is 0 Å². The summed E-state index contributed by atoms with van der Waals surface area (Å²) in [6, 6.07) is 0. The molecule has 1 aliphatic carbocycles. The Labute approximate surface area is 64.4 Å². The van der Waals surface area contributed by atoms with Gasteiger partial charge in [0.05, 0.1) is 6.54 Å². The van der Waals surface area contributed by atoms with Crippen LogP contribution < -0.4 is 5.73 Å². The van der Waals surface area contributed by atoms with Crippen LogP contribution in [0.3, 0.4) is 0 Å². The van der Waals surface area contributed by atoms with E-state index < -0.39 is 18.1 Å². The van der Waals surface area contributed by atoms with Crippen LogP contribution in [0, 0.1) is 0 Å². The average Bonchev–Trinajstić information content (AvgIpc) is 2.38. The summed E-state index contributed by atoms with van der Waals surface area (Å²) in [6.45, 7) is -0.760. The summed E-state index contributed by atoms with van der Waals surface area (Å²) in [5, 5.41) is 9.39. The van der Waals surface area contributed by atoms with E-state index in [4.69, 9.17) is 5.73 Å². The van der Waals surface area contributed by atoms with Crippen molar-refractivity contribution in [3.63, 3.8) is 0 Å². The number of aliphatic hydroxyl groups is 1. The minimum Gasteiger partial charge on any atom is -0.384 e. The highest BCUT2D eigenvalue weighted by Crippen LogP contribution is 2.41. The van der Waals surface area contributed by atoms with E-state index in [9.17, 15) is 13.9 Å². The number of halogens is 2. The van der Waals surface area contributed by atoms with Crippen molar-refractivity contribution in [1.29, 1.82) is 0 Å². The number of rotatable bonds is 2. The molecule has 0 aromatic heterocycles. The third-order valence-electron chi connectivity index (χ3n) is 2.37. The highest BCUT2D eigenvalue weighted by atomic mass is 19.3. The van der Waals surface area contributed by atoms with E-state index in [0.29, 0.717) is 12.8 Å².